The molecule has 0 saturated heterocycles. The molecule has 1 atom stereocenters. The third-order valence-electron chi connectivity index (χ3n) is 6.93. The van der Waals surface area contributed by atoms with Crippen molar-refractivity contribution >= 4 is 5.91 Å². The summed E-state index contributed by atoms with van der Waals surface area (Å²) in [7, 11) is 0. The van der Waals surface area contributed by atoms with Crippen LogP contribution in [0.15, 0.2) is 24.4 Å². The summed E-state index contributed by atoms with van der Waals surface area (Å²) in [5, 5.41) is 9.89. The Labute approximate surface area is 150 Å². The first-order valence-electron chi connectivity index (χ1n) is 9.95. The van der Waals surface area contributed by atoms with E-state index in [0.717, 1.165) is 49.1 Å². The van der Waals surface area contributed by atoms with Crippen molar-refractivity contribution in [2.24, 2.45) is 23.2 Å². The van der Waals surface area contributed by atoms with Gasteiger partial charge >= 0.3 is 0 Å². The molecule has 0 unspecified atom stereocenters. The SMILES string of the molecule is CC[C@@H](CO)N(Cc1ccccn1)C(=O)C12CC3CC(CC(C3)C1)C2. The predicted octanol–water partition coefficient (Wildman–Crippen LogP) is 3.40. The first-order valence-corrected chi connectivity index (χ1v) is 9.95. The van der Waals surface area contributed by atoms with E-state index in [1.165, 1.54) is 19.3 Å². The van der Waals surface area contributed by atoms with Crippen LogP contribution in [0, 0.1) is 23.2 Å². The van der Waals surface area contributed by atoms with E-state index < -0.39 is 0 Å². The molecule has 1 N–H and O–H groups in total. The third-order valence-corrected chi connectivity index (χ3v) is 6.93. The van der Waals surface area contributed by atoms with E-state index >= 15 is 0 Å². The number of amides is 1. The normalized spacial score (nSPS) is 34.1. The lowest BCUT2D eigenvalue weighted by atomic mass is 9.49. The van der Waals surface area contributed by atoms with E-state index in [2.05, 4.69) is 11.9 Å². The second-order valence-electron chi connectivity index (χ2n) is 8.70. The van der Waals surface area contributed by atoms with Gasteiger partial charge in [-0.15, -0.1) is 0 Å². The van der Waals surface area contributed by atoms with E-state index in [4.69, 9.17) is 0 Å². The van der Waals surface area contributed by atoms with Gasteiger partial charge in [0, 0.05) is 6.20 Å². The molecule has 5 rings (SSSR count). The molecule has 4 bridgehead atoms. The molecule has 25 heavy (non-hydrogen) atoms. The summed E-state index contributed by atoms with van der Waals surface area (Å²) in [5.41, 5.74) is 0.749. The quantitative estimate of drug-likeness (QED) is 0.862. The van der Waals surface area contributed by atoms with Gasteiger partial charge in [0.15, 0.2) is 0 Å². The van der Waals surface area contributed by atoms with Gasteiger partial charge < -0.3 is 10.0 Å². The van der Waals surface area contributed by atoms with Crippen LogP contribution in [-0.2, 0) is 11.3 Å². The van der Waals surface area contributed by atoms with Crippen LogP contribution in [-0.4, -0.2) is 33.5 Å². The monoisotopic (exact) mass is 342 g/mol. The first kappa shape index (κ1) is 17.0. The fourth-order valence-electron chi connectivity index (χ4n) is 6.16. The molecule has 4 heteroatoms. The number of carbonyl (C=O) groups is 1. The van der Waals surface area contributed by atoms with E-state index in [0.29, 0.717) is 6.54 Å². The Morgan fingerprint density at radius 3 is 2.36 bits per heavy atom. The van der Waals surface area contributed by atoms with E-state index in [1.54, 1.807) is 6.20 Å². The molecule has 136 valence electrons. The molecule has 1 heterocycles. The van der Waals surface area contributed by atoms with Gasteiger partial charge in [-0.2, -0.15) is 0 Å². The van der Waals surface area contributed by atoms with Crippen molar-refractivity contribution in [3.8, 4) is 0 Å². The van der Waals surface area contributed by atoms with Crippen molar-refractivity contribution < 1.29 is 9.90 Å². The number of hydrogen-bond acceptors (Lipinski definition) is 3. The molecule has 4 aliphatic rings. The largest absolute Gasteiger partial charge is 0.394 e. The Kier molecular flexibility index (Phi) is 4.57. The molecule has 0 spiro atoms. The summed E-state index contributed by atoms with van der Waals surface area (Å²) in [4.78, 5) is 20.1. The highest BCUT2D eigenvalue weighted by molar-refractivity contribution is 5.83. The van der Waals surface area contributed by atoms with Crippen LogP contribution in [0.25, 0.3) is 0 Å². The number of nitrogens with zero attached hydrogens (tertiary/aromatic N) is 2. The lowest BCUT2D eigenvalue weighted by Gasteiger charge is -2.57. The Hall–Kier alpha value is -1.42. The number of hydrogen-bond donors (Lipinski definition) is 1. The maximum Gasteiger partial charge on any atom is 0.229 e. The Morgan fingerprint density at radius 2 is 1.88 bits per heavy atom. The standard InChI is InChI=1S/C21H30N2O2/c1-2-19(14-24)23(13-18-5-3-4-6-22-18)20(25)21-10-15-7-16(11-21)9-17(8-15)12-21/h3-6,15-17,19,24H,2,7-14H2,1H3/t15?,16?,17?,19-,21?/m0/s1. The Balaban J connectivity index is 1.61. The van der Waals surface area contributed by atoms with Crippen LogP contribution < -0.4 is 0 Å². The van der Waals surface area contributed by atoms with Crippen LogP contribution in [0.3, 0.4) is 0 Å². The number of aromatic nitrogens is 1. The minimum absolute atomic E-state index is 0.0292. The summed E-state index contributed by atoms with van der Waals surface area (Å²) in [6.45, 7) is 2.60. The number of rotatable bonds is 6. The van der Waals surface area contributed by atoms with Gasteiger partial charge in [0.2, 0.25) is 5.91 Å². The lowest BCUT2D eigenvalue weighted by molar-refractivity contribution is -0.162. The maximum absolute atomic E-state index is 13.7. The van der Waals surface area contributed by atoms with Gasteiger partial charge in [-0.1, -0.05) is 13.0 Å². The Morgan fingerprint density at radius 1 is 1.24 bits per heavy atom. The number of carbonyl (C=O) groups excluding carboxylic acids is 1. The molecule has 0 aromatic carbocycles. The van der Waals surface area contributed by atoms with Gasteiger partial charge in [-0.05, 0) is 74.8 Å². The molecular formula is C21H30N2O2. The minimum Gasteiger partial charge on any atom is -0.394 e. The molecule has 0 radical (unpaired) electrons. The van der Waals surface area contributed by atoms with Gasteiger partial charge in [0.1, 0.15) is 0 Å². The smallest absolute Gasteiger partial charge is 0.229 e. The minimum atomic E-state index is -0.161. The number of aliphatic hydroxyl groups excluding tert-OH is 1. The van der Waals surface area contributed by atoms with Crippen LogP contribution >= 0.6 is 0 Å². The van der Waals surface area contributed by atoms with Gasteiger partial charge in [-0.3, -0.25) is 9.78 Å². The van der Waals surface area contributed by atoms with E-state index in [1.807, 2.05) is 23.1 Å². The summed E-state index contributed by atoms with van der Waals surface area (Å²) < 4.78 is 0. The van der Waals surface area contributed by atoms with Crippen LogP contribution in [0.1, 0.15) is 57.6 Å². The molecule has 0 aliphatic heterocycles. The highest BCUT2D eigenvalue weighted by atomic mass is 16.3. The second-order valence-corrected chi connectivity index (χ2v) is 8.70. The molecule has 1 aromatic heterocycles. The van der Waals surface area contributed by atoms with Gasteiger partial charge in [-0.25, -0.2) is 0 Å². The topological polar surface area (TPSA) is 53.4 Å². The van der Waals surface area contributed by atoms with Crippen molar-refractivity contribution in [2.45, 2.75) is 64.5 Å². The van der Waals surface area contributed by atoms with Crippen LogP contribution in [0.4, 0.5) is 0 Å². The molecular weight excluding hydrogens is 312 g/mol. The Bertz CT molecular complexity index is 576. The van der Waals surface area contributed by atoms with E-state index in [-0.39, 0.29) is 24.0 Å². The lowest BCUT2D eigenvalue weighted by Crippen LogP contribution is -2.56. The summed E-state index contributed by atoms with van der Waals surface area (Å²) in [6.07, 6.45) is 9.78. The average molecular weight is 342 g/mol. The fourth-order valence-corrected chi connectivity index (χ4v) is 6.16. The summed E-state index contributed by atoms with van der Waals surface area (Å²) in [6, 6.07) is 5.74. The molecule has 4 nitrogen and oxygen atoms in total. The average Bonchev–Trinajstić information content (AvgIpc) is 2.61. The fraction of sp³-hybridized carbons (Fsp3) is 0.714. The molecule has 4 fully saturated rings. The zero-order chi connectivity index (χ0) is 17.4. The van der Waals surface area contributed by atoms with Gasteiger partial charge in [0.25, 0.3) is 0 Å². The van der Waals surface area contributed by atoms with Crippen molar-refractivity contribution in [3.05, 3.63) is 30.1 Å². The second kappa shape index (κ2) is 6.71. The summed E-state index contributed by atoms with van der Waals surface area (Å²) >= 11 is 0. The molecule has 1 aromatic rings. The zero-order valence-electron chi connectivity index (χ0n) is 15.2. The van der Waals surface area contributed by atoms with Crippen LogP contribution in [0.2, 0.25) is 0 Å². The summed E-state index contributed by atoms with van der Waals surface area (Å²) in [5.74, 6) is 2.54. The van der Waals surface area contributed by atoms with Gasteiger partial charge in [0.05, 0.1) is 30.3 Å². The highest BCUT2D eigenvalue weighted by Crippen LogP contribution is 2.60. The molecule has 1 amide bonds. The van der Waals surface area contributed by atoms with Crippen LogP contribution in [0.5, 0.6) is 0 Å². The zero-order valence-corrected chi connectivity index (χ0v) is 15.2. The number of pyridine rings is 1. The van der Waals surface area contributed by atoms with E-state index in [9.17, 15) is 9.90 Å². The van der Waals surface area contributed by atoms with Crippen molar-refractivity contribution in [1.82, 2.24) is 9.88 Å². The van der Waals surface area contributed by atoms with Crippen molar-refractivity contribution in [2.75, 3.05) is 6.61 Å². The number of aliphatic hydroxyl groups is 1. The van der Waals surface area contributed by atoms with Crippen molar-refractivity contribution in [1.29, 1.82) is 0 Å². The predicted molar refractivity (Wildman–Crippen MR) is 96.6 cm³/mol. The molecule has 4 saturated carbocycles. The highest BCUT2D eigenvalue weighted by Gasteiger charge is 2.56. The maximum atomic E-state index is 13.7. The molecule has 4 aliphatic carbocycles. The third kappa shape index (κ3) is 3.10. The first-order chi connectivity index (χ1) is 12.1. The van der Waals surface area contributed by atoms with Crippen molar-refractivity contribution in [3.63, 3.8) is 0 Å².